The zero-order chi connectivity index (χ0) is 17.1. The molecular formula is C16H24N2O4S. The van der Waals surface area contributed by atoms with Gasteiger partial charge in [-0.1, -0.05) is 5.16 Å². The lowest BCUT2D eigenvalue weighted by Crippen LogP contribution is -2.37. The second kappa shape index (κ2) is 7.05. The highest BCUT2D eigenvalue weighted by molar-refractivity contribution is 8.02. The first kappa shape index (κ1) is 18.0. The van der Waals surface area contributed by atoms with Gasteiger partial charge in [-0.05, 0) is 40.5 Å². The van der Waals surface area contributed by atoms with E-state index in [9.17, 15) is 9.59 Å². The predicted molar refractivity (Wildman–Crippen MR) is 89.7 cm³/mol. The van der Waals surface area contributed by atoms with Gasteiger partial charge in [-0.2, -0.15) is 0 Å². The van der Waals surface area contributed by atoms with Crippen LogP contribution in [0.5, 0.6) is 0 Å². The van der Waals surface area contributed by atoms with Crippen molar-refractivity contribution in [2.45, 2.75) is 55.9 Å². The molecule has 1 saturated heterocycles. The van der Waals surface area contributed by atoms with Gasteiger partial charge in [0.2, 0.25) is 11.8 Å². The summed E-state index contributed by atoms with van der Waals surface area (Å²) in [6.45, 7) is 8.79. The summed E-state index contributed by atoms with van der Waals surface area (Å²) in [5.74, 6) is 0.126. The summed E-state index contributed by atoms with van der Waals surface area (Å²) in [4.78, 5) is 23.6. The SMILES string of the molecule is CC(C)(SC1CCOCC1)C(=O)Nc1cc(C(C)(C)C=O)no1. The predicted octanol–water partition coefficient (Wildman–Crippen LogP) is 2.78. The molecule has 1 aliphatic rings. The maximum atomic E-state index is 12.5. The highest BCUT2D eigenvalue weighted by Crippen LogP contribution is 2.35. The molecule has 0 spiro atoms. The molecule has 0 unspecified atom stereocenters. The summed E-state index contributed by atoms with van der Waals surface area (Å²) >= 11 is 1.66. The van der Waals surface area contributed by atoms with Crippen LogP contribution in [-0.4, -0.2) is 40.6 Å². The quantitative estimate of drug-likeness (QED) is 0.802. The maximum Gasteiger partial charge on any atom is 0.242 e. The highest BCUT2D eigenvalue weighted by Gasteiger charge is 2.33. The number of ether oxygens (including phenoxy) is 1. The number of rotatable bonds is 6. The molecule has 6 nitrogen and oxygen atoms in total. The third-order valence-electron chi connectivity index (χ3n) is 3.88. The number of thioether (sulfide) groups is 1. The Labute approximate surface area is 140 Å². The minimum Gasteiger partial charge on any atom is -0.381 e. The zero-order valence-electron chi connectivity index (χ0n) is 14.0. The topological polar surface area (TPSA) is 81.4 Å². The van der Waals surface area contributed by atoms with Crippen molar-refractivity contribution in [2.24, 2.45) is 0 Å². The van der Waals surface area contributed by atoms with Gasteiger partial charge in [0.1, 0.15) is 6.29 Å². The Morgan fingerprint density at radius 2 is 2.00 bits per heavy atom. The zero-order valence-corrected chi connectivity index (χ0v) is 14.9. The van der Waals surface area contributed by atoms with Crippen molar-refractivity contribution in [3.8, 4) is 0 Å². The number of hydrogen-bond acceptors (Lipinski definition) is 6. The van der Waals surface area contributed by atoms with E-state index in [1.807, 2.05) is 13.8 Å². The van der Waals surface area contributed by atoms with Crippen LogP contribution in [0.1, 0.15) is 46.2 Å². The van der Waals surface area contributed by atoms with Crippen molar-refractivity contribution in [2.75, 3.05) is 18.5 Å². The average Bonchev–Trinajstić information content (AvgIpc) is 2.97. The van der Waals surface area contributed by atoms with Gasteiger partial charge in [-0.15, -0.1) is 11.8 Å². The van der Waals surface area contributed by atoms with E-state index >= 15 is 0 Å². The summed E-state index contributed by atoms with van der Waals surface area (Å²) < 4.78 is 9.90. The second-order valence-corrected chi connectivity index (χ2v) is 8.73. The van der Waals surface area contributed by atoms with E-state index in [1.165, 1.54) is 0 Å². The lowest BCUT2D eigenvalue weighted by molar-refractivity contribution is -0.117. The Morgan fingerprint density at radius 1 is 1.35 bits per heavy atom. The lowest BCUT2D eigenvalue weighted by Gasteiger charge is -2.30. The molecule has 1 N–H and O–H groups in total. The van der Waals surface area contributed by atoms with Crippen LogP contribution in [0.25, 0.3) is 0 Å². The Balaban J connectivity index is 1.98. The standard InChI is InChI=1S/C16H24N2O4S/c1-15(2,10-19)12-9-13(22-18-12)17-14(20)16(3,4)23-11-5-7-21-8-6-11/h9-11H,5-8H2,1-4H3,(H,17,20). The summed E-state index contributed by atoms with van der Waals surface area (Å²) in [5, 5.41) is 7.04. The van der Waals surface area contributed by atoms with Crippen LogP contribution in [0.4, 0.5) is 5.88 Å². The molecule has 0 atom stereocenters. The first-order chi connectivity index (χ1) is 10.7. The van der Waals surface area contributed by atoms with Crippen LogP contribution in [0.3, 0.4) is 0 Å². The smallest absolute Gasteiger partial charge is 0.242 e. The van der Waals surface area contributed by atoms with Crippen LogP contribution in [-0.2, 0) is 19.7 Å². The van der Waals surface area contributed by atoms with E-state index in [2.05, 4.69) is 10.5 Å². The monoisotopic (exact) mass is 340 g/mol. The highest BCUT2D eigenvalue weighted by atomic mass is 32.2. The number of carbonyl (C=O) groups excluding carboxylic acids is 2. The van der Waals surface area contributed by atoms with Crippen molar-refractivity contribution in [3.63, 3.8) is 0 Å². The third-order valence-corrected chi connectivity index (χ3v) is 5.46. The normalized spacial score (nSPS) is 17.0. The Hall–Kier alpha value is -1.34. The number of nitrogens with zero attached hydrogens (tertiary/aromatic N) is 1. The van der Waals surface area contributed by atoms with E-state index in [0.717, 1.165) is 32.3 Å². The minimum atomic E-state index is -0.737. The van der Waals surface area contributed by atoms with Crippen LogP contribution in [0.2, 0.25) is 0 Å². The van der Waals surface area contributed by atoms with Crippen LogP contribution in [0.15, 0.2) is 10.6 Å². The van der Waals surface area contributed by atoms with Gasteiger partial charge in [0, 0.05) is 24.5 Å². The minimum absolute atomic E-state index is 0.138. The first-order valence-electron chi connectivity index (χ1n) is 7.75. The van der Waals surface area contributed by atoms with Gasteiger partial charge in [-0.25, -0.2) is 0 Å². The largest absolute Gasteiger partial charge is 0.381 e. The van der Waals surface area contributed by atoms with Gasteiger partial charge in [0.25, 0.3) is 0 Å². The van der Waals surface area contributed by atoms with E-state index in [1.54, 1.807) is 31.7 Å². The average molecular weight is 340 g/mol. The van der Waals surface area contributed by atoms with Gasteiger partial charge in [0.15, 0.2) is 0 Å². The molecule has 23 heavy (non-hydrogen) atoms. The molecule has 0 aliphatic carbocycles. The number of aromatic nitrogens is 1. The summed E-state index contributed by atoms with van der Waals surface area (Å²) in [6, 6.07) is 1.60. The van der Waals surface area contributed by atoms with E-state index in [-0.39, 0.29) is 11.8 Å². The molecule has 128 valence electrons. The van der Waals surface area contributed by atoms with Crippen LogP contribution in [0, 0.1) is 0 Å². The molecule has 1 amide bonds. The molecule has 0 bridgehead atoms. The van der Waals surface area contributed by atoms with E-state index < -0.39 is 10.2 Å². The molecule has 1 aromatic rings. The lowest BCUT2D eigenvalue weighted by atomic mass is 9.92. The Morgan fingerprint density at radius 3 is 2.61 bits per heavy atom. The van der Waals surface area contributed by atoms with Crippen LogP contribution >= 0.6 is 11.8 Å². The number of hydrogen-bond donors (Lipinski definition) is 1. The fraction of sp³-hybridized carbons (Fsp3) is 0.688. The molecule has 0 saturated carbocycles. The molecule has 2 heterocycles. The molecule has 1 aromatic heterocycles. The van der Waals surface area contributed by atoms with Crippen LogP contribution < -0.4 is 5.32 Å². The number of amides is 1. The summed E-state index contributed by atoms with van der Waals surface area (Å²) in [6.07, 6.45) is 2.73. The van der Waals surface area contributed by atoms with Gasteiger partial charge in [-0.3, -0.25) is 10.1 Å². The maximum absolute atomic E-state index is 12.5. The first-order valence-corrected chi connectivity index (χ1v) is 8.63. The molecule has 0 aromatic carbocycles. The van der Waals surface area contributed by atoms with Crippen molar-refractivity contribution < 1.29 is 18.8 Å². The number of aldehydes is 1. The number of anilines is 1. The van der Waals surface area contributed by atoms with Gasteiger partial charge in [0.05, 0.1) is 15.9 Å². The fourth-order valence-corrected chi connectivity index (χ4v) is 3.64. The Bertz CT molecular complexity index is 562. The Kier molecular flexibility index (Phi) is 5.52. The molecule has 7 heteroatoms. The summed E-state index contributed by atoms with van der Waals surface area (Å²) in [7, 11) is 0. The molecule has 1 aliphatic heterocycles. The molecule has 2 rings (SSSR count). The van der Waals surface area contributed by atoms with Gasteiger partial charge < -0.3 is 14.1 Å². The fourth-order valence-electron chi connectivity index (χ4n) is 2.22. The van der Waals surface area contributed by atoms with Crippen molar-refractivity contribution in [3.05, 3.63) is 11.8 Å². The molecular weight excluding hydrogens is 316 g/mol. The van der Waals surface area contributed by atoms with Gasteiger partial charge >= 0.3 is 0 Å². The number of carbonyl (C=O) groups is 2. The molecule has 1 fully saturated rings. The van der Waals surface area contributed by atoms with Crippen molar-refractivity contribution in [1.82, 2.24) is 5.16 Å². The molecule has 0 radical (unpaired) electrons. The van der Waals surface area contributed by atoms with Crippen molar-refractivity contribution >= 4 is 29.8 Å². The summed E-state index contributed by atoms with van der Waals surface area (Å²) in [5.41, 5.74) is -0.239. The van der Waals surface area contributed by atoms with E-state index in [0.29, 0.717) is 10.9 Å². The van der Waals surface area contributed by atoms with Crippen molar-refractivity contribution in [1.29, 1.82) is 0 Å². The second-order valence-electron chi connectivity index (χ2n) is 6.81. The number of nitrogens with one attached hydrogen (secondary N) is 1. The third kappa shape index (κ3) is 4.57. The van der Waals surface area contributed by atoms with E-state index in [4.69, 9.17) is 9.26 Å².